The predicted octanol–water partition coefficient (Wildman–Crippen LogP) is -0.219. The lowest BCUT2D eigenvalue weighted by atomic mass is 10.00. The minimum Gasteiger partial charge on any atom is -0.466 e. The summed E-state index contributed by atoms with van der Waals surface area (Å²) in [6.45, 7) is 0.830. The van der Waals surface area contributed by atoms with E-state index in [4.69, 9.17) is 4.42 Å². The number of hydrazine groups is 1. The first-order chi connectivity index (χ1) is 13.8. The van der Waals surface area contributed by atoms with Crippen LogP contribution in [0.5, 0.6) is 0 Å². The van der Waals surface area contributed by atoms with Crippen LogP contribution in [0, 0.1) is 0 Å². The Bertz CT molecular complexity index is 1260. The monoisotopic (exact) mass is 397 g/mol. The predicted molar refractivity (Wildman–Crippen MR) is 98.4 cm³/mol. The highest BCUT2D eigenvalue weighted by molar-refractivity contribution is 6.07. The molecule has 1 atom stereocenters. The Morgan fingerprint density at radius 2 is 1.83 bits per heavy atom. The van der Waals surface area contributed by atoms with Gasteiger partial charge >= 0.3 is 6.03 Å². The van der Waals surface area contributed by atoms with Crippen LogP contribution in [0.1, 0.15) is 12.7 Å². The van der Waals surface area contributed by atoms with Crippen LogP contribution in [-0.2, 0) is 21.7 Å². The number of nitrogens with zero attached hydrogens (tertiary/aromatic N) is 2. The van der Waals surface area contributed by atoms with Gasteiger partial charge < -0.3 is 9.73 Å². The van der Waals surface area contributed by atoms with Gasteiger partial charge in [0, 0.05) is 0 Å². The molecule has 0 bridgehead atoms. The molecule has 0 unspecified atom stereocenters. The summed E-state index contributed by atoms with van der Waals surface area (Å²) < 4.78 is 6.01. The number of carbonyl (C=O) groups excluding carboxylic acids is 3. The van der Waals surface area contributed by atoms with Gasteiger partial charge in [-0.05, 0) is 31.2 Å². The maximum atomic E-state index is 12.7. The Labute approximate surface area is 161 Å². The first-order valence-electron chi connectivity index (χ1n) is 8.53. The van der Waals surface area contributed by atoms with Crippen molar-refractivity contribution in [3.05, 3.63) is 69.1 Å². The lowest BCUT2D eigenvalue weighted by molar-refractivity contribution is -0.139. The Morgan fingerprint density at radius 3 is 2.52 bits per heavy atom. The third kappa shape index (κ3) is 2.88. The van der Waals surface area contributed by atoms with E-state index >= 15 is 0 Å². The third-order valence-corrected chi connectivity index (χ3v) is 4.63. The number of H-pyrrole nitrogens is 1. The minimum atomic E-state index is -1.48. The van der Waals surface area contributed by atoms with Crippen LogP contribution < -0.4 is 21.9 Å². The van der Waals surface area contributed by atoms with Gasteiger partial charge in [0.25, 0.3) is 22.9 Å². The summed E-state index contributed by atoms with van der Waals surface area (Å²) >= 11 is 0. The Morgan fingerprint density at radius 1 is 1.10 bits per heavy atom. The maximum Gasteiger partial charge on any atom is 0.344 e. The van der Waals surface area contributed by atoms with Gasteiger partial charge in [-0.3, -0.25) is 29.7 Å². The van der Waals surface area contributed by atoms with E-state index in [9.17, 15) is 24.0 Å². The lowest BCUT2D eigenvalue weighted by Gasteiger charge is -2.19. The number of nitrogens with one attached hydrogen (secondary N) is 3. The average molecular weight is 397 g/mol. The highest BCUT2D eigenvalue weighted by Gasteiger charge is 2.52. The lowest BCUT2D eigenvalue weighted by Crippen LogP contribution is -2.49. The molecule has 2 aromatic heterocycles. The summed E-state index contributed by atoms with van der Waals surface area (Å²) in [7, 11) is 0. The number of urea groups is 1. The second-order valence-corrected chi connectivity index (χ2v) is 6.59. The zero-order valence-corrected chi connectivity index (χ0v) is 15.1. The fraction of sp³-hybridized carbons (Fsp3) is 0.167. The summed E-state index contributed by atoms with van der Waals surface area (Å²) in [5.41, 5.74) is -0.474. The molecule has 0 saturated carbocycles. The number of rotatable bonds is 4. The van der Waals surface area contributed by atoms with Gasteiger partial charge in [0.1, 0.15) is 12.3 Å². The fourth-order valence-electron chi connectivity index (χ4n) is 3.13. The van der Waals surface area contributed by atoms with Gasteiger partial charge in [0.15, 0.2) is 5.54 Å². The standard InChI is InChI=1S/C18H15N5O6/c1-18(12-7-4-8-29-12)16(27)23(17(28)19-18)20-13(24)9-22-15(26)11-6-3-2-5-10(11)14(25)21-22/h2-8H,9H2,1H3,(H,19,28)(H,20,24)(H,21,25)/t18-/m0/s1. The SMILES string of the molecule is C[C@@]1(c2ccco2)NC(=O)N(NC(=O)Cn2[nH]c(=O)c3ccccc3c2=O)C1=O. The summed E-state index contributed by atoms with van der Waals surface area (Å²) in [6, 6.07) is 8.38. The van der Waals surface area contributed by atoms with Crippen molar-refractivity contribution in [3.63, 3.8) is 0 Å². The molecule has 4 rings (SSSR count). The van der Waals surface area contributed by atoms with Crippen LogP contribution in [0.2, 0.25) is 0 Å². The highest BCUT2D eigenvalue weighted by atomic mass is 16.3. The molecule has 0 aliphatic carbocycles. The van der Waals surface area contributed by atoms with Gasteiger partial charge in [-0.15, -0.1) is 0 Å². The van der Waals surface area contributed by atoms with Crippen molar-refractivity contribution in [1.82, 2.24) is 25.5 Å². The maximum absolute atomic E-state index is 12.7. The molecular formula is C18H15N5O6. The Balaban J connectivity index is 1.57. The van der Waals surface area contributed by atoms with E-state index < -0.39 is 41.0 Å². The van der Waals surface area contributed by atoms with Gasteiger partial charge in [0.2, 0.25) is 0 Å². The second kappa shape index (κ2) is 6.48. The van der Waals surface area contributed by atoms with Crippen LogP contribution in [0.3, 0.4) is 0 Å². The quantitative estimate of drug-likeness (QED) is 0.519. The summed E-state index contributed by atoms with van der Waals surface area (Å²) in [5, 5.41) is 5.60. The molecule has 3 N–H and O–H groups in total. The number of aromatic nitrogens is 2. The van der Waals surface area contributed by atoms with Crippen molar-refractivity contribution in [1.29, 1.82) is 0 Å². The molecule has 1 aromatic carbocycles. The van der Waals surface area contributed by atoms with Gasteiger partial charge in [-0.25, -0.2) is 9.48 Å². The molecule has 0 radical (unpaired) electrons. The molecule has 1 saturated heterocycles. The molecule has 148 valence electrons. The number of hydrogen-bond acceptors (Lipinski definition) is 6. The normalized spacial score (nSPS) is 18.9. The van der Waals surface area contributed by atoms with E-state index in [2.05, 4.69) is 15.8 Å². The smallest absolute Gasteiger partial charge is 0.344 e. The number of fused-ring (bicyclic) bond motifs is 1. The van der Waals surface area contributed by atoms with Gasteiger partial charge in [-0.2, -0.15) is 5.01 Å². The third-order valence-electron chi connectivity index (χ3n) is 4.63. The van der Waals surface area contributed by atoms with E-state index in [1.807, 2.05) is 0 Å². The molecule has 1 fully saturated rings. The molecule has 4 amide bonds. The van der Waals surface area contributed by atoms with Crippen LogP contribution in [0.25, 0.3) is 10.8 Å². The van der Waals surface area contributed by atoms with Crippen LogP contribution in [0.15, 0.2) is 56.7 Å². The summed E-state index contributed by atoms with van der Waals surface area (Å²) in [4.78, 5) is 61.8. The molecule has 3 heterocycles. The topological polar surface area (TPSA) is 147 Å². The number of hydrogen-bond donors (Lipinski definition) is 3. The second-order valence-electron chi connectivity index (χ2n) is 6.59. The van der Waals surface area contributed by atoms with Crippen LogP contribution in [-0.4, -0.2) is 32.6 Å². The summed E-state index contributed by atoms with van der Waals surface area (Å²) in [5.74, 6) is -1.42. The number of benzene rings is 1. The number of imide groups is 1. The van der Waals surface area contributed by atoms with Crippen molar-refractivity contribution >= 4 is 28.6 Å². The largest absolute Gasteiger partial charge is 0.466 e. The van der Waals surface area contributed by atoms with Crippen molar-refractivity contribution in [3.8, 4) is 0 Å². The first-order valence-corrected chi connectivity index (χ1v) is 8.53. The number of carbonyl (C=O) groups is 3. The van der Waals surface area contributed by atoms with Crippen molar-refractivity contribution in [2.45, 2.75) is 19.0 Å². The molecular weight excluding hydrogens is 382 g/mol. The fourth-order valence-corrected chi connectivity index (χ4v) is 3.13. The zero-order chi connectivity index (χ0) is 20.8. The highest BCUT2D eigenvalue weighted by Crippen LogP contribution is 2.28. The zero-order valence-electron chi connectivity index (χ0n) is 15.1. The molecule has 11 heteroatoms. The van der Waals surface area contributed by atoms with Gasteiger partial charge in [-0.1, -0.05) is 12.1 Å². The minimum absolute atomic E-state index is 0.143. The van der Waals surface area contributed by atoms with Crippen LogP contribution in [0.4, 0.5) is 4.79 Å². The number of amides is 4. The van der Waals surface area contributed by atoms with E-state index in [0.717, 1.165) is 4.68 Å². The van der Waals surface area contributed by atoms with Crippen molar-refractivity contribution < 1.29 is 18.8 Å². The van der Waals surface area contributed by atoms with Gasteiger partial charge in [0.05, 0.1) is 17.0 Å². The Kier molecular flexibility index (Phi) is 4.07. The molecule has 11 nitrogen and oxygen atoms in total. The molecule has 1 aliphatic rings. The average Bonchev–Trinajstić information content (AvgIpc) is 3.31. The van der Waals surface area contributed by atoms with E-state index in [1.165, 1.54) is 31.4 Å². The first kappa shape index (κ1) is 18.2. The van der Waals surface area contributed by atoms with Crippen LogP contribution >= 0.6 is 0 Å². The summed E-state index contributed by atoms with van der Waals surface area (Å²) in [6.07, 6.45) is 1.35. The number of furan rings is 1. The Hall–Kier alpha value is -4.15. The molecule has 3 aromatic rings. The number of aromatic amines is 1. The van der Waals surface area contributed by atoms with E-state index in [-0.39, 0.29) is 16.5 Å². The molecule has 29 heavy (non-hydrogen) atoms. The van der Waals surface area contributed by atoms with E-state index in [1.54, 1.807) is 18.2 Å². The van der Waals surface area contributed by atoms with Crippen molar-refractivity contribution in [2.24, 2.45) is 0 Å². The van der Waals surface area contributed by atoms with Crippen molar-refractivity contribution in [2.75, 3.05) is 0 Å². The molecule has 1 aliphatic heterocycles. The molecule has 0 spiro atoms. The van der Waals surface area contributed by atoms with E-state index in [0.29, 0.717) is 5.01 Å².